The summed E-state index contributed by atoms with van der Waals surface area (Å²) in [6, 6.07) is 13.7. The highest BCUT2D eigenvalue weighted by molar-refractivity contribution is 6.35. The van der Waals surface area contributed by atoms with Gasteiger partial charge in [0.1, 0.15) is 18.1 Å². The standard InChI is InChI=1S/C20H24Cl2N2O2/c1-14(2)26-18-6-4-16(5-7-18)24-10-9-23-12-17(24)13-25-20-8-3-15(21)11-19(20)22/h3-8,11,14,17,23H,9-10,12-13H2,1-2H3. The molecule has 0 aliphatic carbocycles. The Morgan fingerprint density at radius 1 is 1.15 bits per heavy atom. The van der Waals surface area contributed by atoms with Gasteiger partial charge in [-0.15, -0.1) is 0 Å². The van der Waals surface area contributed by atoms with Crippen molar-refractivity contribution in [1.29, 1.82) is 0 Å². The van der Waals surface area contributed by atoms with E-state index in [1.165, 1.54) is 5.69 Å². The van der Waals surface area contributed by atoms with E-state index in [1.807, 2.05) is 32.0 Å². The highest BCUT2D eigenvalue weighted by Crippen LogP contribution is 2.28. The SMILES string of the molecule is CC(C)Oc1ccc(N2CCNCC2COc2ccc(Cl)cc2Cl)cc1. The second-order valence-corrected chi connectivity index (χ2v) is 7.44. The molecule has 1 atom stereocenters. The zero-order chi connectivity index (χ0) is 18.5. The van der Waals surface area contributed by atoms with Crippen LogP contribution < -0.4 is 19.7 Å². The van der Waals surface area contributed by atoms with Crippen molar-refractivity contribution in [3.63, 3.8) is 0 Å². The molecule has 0 bridgehead atoms. The fraction of sp³-hybridized carbons (Fsp3) is 0.400. The Hall–Kier alpha value is -1.62. The average Bonchev–Trinajstić information content (AvgIpc) is 2.61. The third-order valence-electron chi connectivity index (χ3n) is 4.22. The quantitative estimate of drug-likeness (QED) is 0.773. The Morgan fingerprint density at radius 2 is 1.92 bits per heavy atom. The third kappa shape index (κ3) is 4.97. The van der Waals surface area contributed by atoms with E-state index in [9.17, 15) is 0 Å². The van der Waals surface area contributed by atoms with Gasteiger partial charge in [-0.25, -0.2) is 0 Å². The maximum Gasteiger partial charge on any atom is 0.138 e. The molecule has 1 heterocycles. The maximum absolute atomic E-state index is 6.21. The maximum atomic E-state index is 6.21. The lowest BCUT2D eigenvalue weighted by atomic mass is 10.1. The van der Waals surface area contributed by atoms with Gasteiger partial charge in [-0.05, 0) is 56.3 Å². The van der Waals surface area contributed by atoms with Crippen molar-refractivity contribution in [2.75, 3.05) is 31.1 Å². The highest BCUT2D eigenvalue weighted by Gasteiger charge is 2.23. The Morgan fingerprint density at radius 3 is 2.62 bits per heavy atom. The predicted molar refractivity (Wildman–Crippen MR) is 108 cm³/mol. The van der Waals surface area contributed by atoms with E-state index < -0.39 is 0 Å². The van der Waals surface area contributed by atoms with Gasteiger partial charge in [-0.2, -0.15) is 0 Å². The fourth-order valence-electron chi connectivity index (χ4n) is 3.02. The van der Waals surface area contributed by atoms with E-state index in [2.05, 4.69) is 22.3 Å². The van der Waals surface area contributed by atoms with Gasteiger partial charge in [0.15, 0.2) is 0 Å². The highest BCUT2D eigenvalue weighted by atomic mass is 35.5. The number of anilines is 1. The van der Waals surface area contributed by atoms with Gasteiger partial charge in [0.2, 0.25) is 0 Å². The Balaban J connectivity index is 1.67. The normalized spacial score (nSPS) is 17.4. The Labute approximate surface area is 165 Å². The van der Waals surface area contributed by atoms with Crippen LogP contribution >= 0.6 is 23.2 Å². The van der Waals surface area contributed by atoms with Gasteiger partial charge < -0.3 is 19.7 Å². The number of nitrogens with one attached hydrogen (secondary N) is 1. The minimum atomic E-state index is 0.172. The molecule has 4 nitrogen and oxygen atoms in total. The van der Waals surface area contributed by atoms with E-state index in [0.717, 1.165) is 25.4 Å². The molecule has 1 aliphatic heterocycles. The monoisotopic (exact) mass is 394 g/mol. The fourth-order valence-corrected chi connectivity index (χ4v) is 3.48. The second kappa shape index (κ2) is 8.85. The van der Waals surface area contributed by atoms with Crippen LogP contribution in [-0.4, -0.2) is 38.4 Å². The lowest BCUT2D eigenvalue weighted by molar-refractivity contribution is 0.242. The number of hydrogen-bond acceptors (Lipinski definition) is 4. The van der Waals surface area contributed by atoms with Crippen LogP contribution in [0.15, 0.2) is 42.5 Å². The number of ether oxygens (including phenoxy) is 2. The molecular weight excluding hydrogens is 371 g/mol. The molecule has 140 valence electrons. The summed E-state index contributed by atoms with van der Waals surface area (Å²) in [5.74, 6) is 1.54. The molecule has 0 radical (unpaired) electrons. The van der Waals surface area contributed by atoms with Crippen molar-refractivity contribution >= 4 is 28.9 Å². The van der Waals surface area contributed by atoms with Gasteiger partial charge >= 0.3 is 0 Å². The van der Waals surface area contributed by atoms with Crippen molar-refractivity contribution in [3.8, 4) is 11.5 Å². The van der Waals surface area contributed by atoms with Gasteiger partial charge in [-0.3, -0.25) is 0 Å². The first-order valence-electron chi connectivity index (χ1n) is 8.85. The molecule has 0 saturated carbocycles. The molecule has 1 fully saturated rings. The average molecular weight is 395 g/mol. The van der Waals surface area contributed by atoms with Crippen LogP contribution in [0.25, 0.3) is 0 Å². The second-order valence-electron chi connectivity index (χ2n) is 6.60. The molecule has 0 aromatic heterocycles. The van der Waals surface area contributed by atoms with E-state index >= 15 is 0 Å². The van der Waals surface area contributed by atoms with Crippen LogP contribution in [0.3, 0.4) is 0 Å². The summed E-state index contributed by atoms with van der Waals surface area (Å²) in [5.41, 5.74) is 1.17. The molecule has 6 heteroatoms. The molecule has 2 aromatic carbocycles. The molecule has 0 spiro atoms. The molecule has 1 aliphatic rings. The summed E-state index contributed by atoms with van der Waals surface area (Å²) in [4.78, 5) is 2.36. The van der Waals surface area contributed by atoms with E-state index in [4.69, 9.17) is 32.7 Å². The van der Waals surface area contributed by atoms with Gasteiger partial charge in [0.25, 0.3) is 0 Å². The minimum absolute atomic E-state index is 0.172. The van der Waals surface area contributed by atoms with Crippen molar-refractivity contribution in [2.45, 2.75) is 26.0 Å². The number of piperazine rings is 1. The van der Waals surface area contributed by atoms with Crippen LogP contribution in [0.2, 0.25) is 10.0 Å². The van der Waals surface area contributed by atoms with Crippen LogP contribution in [0.5, 0.6) is 11.5 Å². The zero-order valence-corrected chi connectivity index (χ0v) is 16.6. The molecule has 3 rings (SSSR count). The summed E-state index contributed by atoms with van der Waals surface area (Å²) in [6.07, 6.45) is 0.172. The zero-order valence-electron chi connectivity index (χ0n) is 15.0. The van der Waals surface area contributed by atoms with Crippen molar-refractivity contribution < 1.29 is 9.47 Å². The van der Waals surface area contributed by atoms with E-state index in [1.54, 1.807) is 12.1 Å². The first-order chi connectivity index (χ1) is 12.5. The number of benzene rings is 2. The van der Waals surface area contributed by atoms with Gasteiger partial charge in [-0.1, -0.05) is 23.2 Å². The smallest absolute Gasteiger partial charge is 0.138 e. The summed E-state index contributed by atoms with van der Waals surface area (Å²) in [7, 11) is 0. The van der Waals surface area contributed by atoms with Crippen LogP contribution in [0.4, 0.5) is 5.69 Å². The lowest BCUT2D eigenvalue weighted by Crippen LogP contribution is -2.54. The first-order valence-corrected chi connectivity index (χ1v) is 9.60. The minimum Gasteiger partial charge on any atom is -0.491 e. The number of hydrogen-bond donors (Lipinski definition) is 1. The van der Waals surface area contributed by atoms with Crippen molar-refractivity contribution in [3.05, 3.63) is 52.5 Å². The van der Waals surface area contributed by atoms with E-state index in [-0.39, 0.29) is 12.1 Å². The number of nitrogens with zero attached hydrogens (tertiary/aromatic N) is 1. The number of rotatable bonds is 6. The van der Waals surface area contributed by atoms with Crippen LogP contribution in [0.1, 0.15) is 13.8 Å². The molecule has 0 amide bonds. The van der Waals surface area contributed by atoms with Gasteiger partial charge in [0, 0.05) is 30.3 Å². The molecule has 2 aromatic rings. The Kier molecular flexibility index (Phi) is 6.52. The third-order valence-corrected chi connectivity index (χ3v) is 4.75. The number of halogens is 2. The van der Waals surface area contributed by atoms with Crippen molar-refractivity contribution in [1.82, 2.24) is 5.32 Å². The summed E-state index contributed by atoms with van der Waals surface area (Å²) < 4.78 is 11.7. The lowest BCUT2D eigenvalue weighted by Gasteiger charge is -2.38. The summed E-state index contributed by atoms with van der Waals surface area (Å²) in [5, 5.41) is 4.57. The van der Waals surface area contributed by atoms with Crippen LogP contribution in [-0.2, 0) is 0 Å². The summed E-state index contributed by atoms with van der Waals surface area (Å²) in [6.45, 7) is 7.32. The molecular formula is C20H24Cl2N2O2. The van der Waals surface area contributed by atoms with E-state index in [0.29, 0.717) is 22.4 Å². The first kappa shape index (κ1) is 19.2. The predicted octanol–water partition coefficient (Wildman–Crippen LogP) is 4.64. The Bertz CT molecular complexity index is 722. The molecule has 1 unspecified atom stereocenters. The largest absolute Gasteiger partial charge is 0.491 e. The molecule has 1 saturated heterocycles. The summed E-state index contributed by atoms with van der Waals surface area (Å²) >= 11 is 12.2. The molecule has 1 N–H and O–H groups in total. The van der Waals surface area contributed by atoms with Crippen molar-refractivity contribution in [2.24, 2.45) is 0 Å². The van der Waals surface area contributed by atoms with Gasteiger partial charge in [0.05, 0.1) is 17.2 Å². The topological polar surface area (TPSA) is 33.7 Å². The molecule has 26 heavy (non-hydrogen) atoms. The van der Waals surface area contributed by atoms with Crippen LogP contribution in [0, 0.1) is 0 Å².